The first-order valence-corrected chi connectivity index (χ1v) is 8.17. The van der Waals surface area contributed by atoms with Gasteiger partial charge in [-0.1, -0.05) is 19.3 Å². The van der Waals surface area contributed by atoms with Gasteiger partial charge in [0.05, 0.1) is 5.92 Å². The summed E-state index contributed by atoms with van der Waals surface area (Å²) in [5, 5.41) is 3.03. The Balaban J connectivity index is 2.07. The fraction of sp³-hybridized carbons (Fsp3) is 0.923. The van der Waals surface area contributed by atoms with Crippen LogP contribution in [0.5, 0.6) is 0 Å². The maximum absolute atomic E-state index is 11.9. The van der Waals surface area contributed by atoms with Gasteiger partial charge in [0, 0.05) is 12.6 Å². The Morgan fingerprint density at radius 3 is 2.76 bits per heavy atom. The fourth-order valence-corrected chi connectivity index (χ4v) is 2.87. The molecule has 1 saturated carbocycles. The van der Waals surface area contributed by atoms with Crippen molar-refractivity contribution in [3.63, 3.8) is 0 Å². The van der Waals surface area contributed by atoms with Crippen LogP contribution in [0.1, 0.15) is 44.9 Å². The van der Waals surface area contributed by atoms with Crippen LogP contribution in [0.25, 0.3) is 0 Å². The van der Waals surface area contributed by atoms with Gasteiger partial charge in [0.15, 0.2) is 0 Å². The summed E-state index contributed by atoms with van der Waals surface area (Å²) in [6.45, 7) is 0.816. The molecule has 2 unspecified atom stereocenters. The van der Waals surface area contributed by atoms with E-state index in [-0.39, 0.29) is 17.9 Å². The average Bonchev–Trinajstić information content (AvgIpc) is 2.34. The first-order valence-electron chi connectivity index (χ1n) is 6.78. The van der Waals surface area contributed by atoms with Crippen LogP contribution in [0.4, 0.5) is 0 Å². The van der Waals surface area contributed by atoms with Crippen LogP contribution in [-0.2, 0) is 4.79 Å². The summed E-state index contributed by atoms with van der Waals surface area (Å²) in [4.78, 5) is 11.9. The van der Waals surface area contributed by atoms with Crippen molar-refractivity contribution in [2.75, 3.05) is 18.6 Å². The number of nitrogens with one attached hydrogen (secondary N) is 1. The van der Waals surface area contributed by atoms with E-state index in [1.807, 2.05) is 11.8 Å². The van der Waals surface area contributed by atoms with Crippen molar-refractivity contribution in [2.45, 2.75) is 51.0 Å². The van der Waals surface area contributed by atoms with Gasteiger partial charge >= 0.3 is 0 Å². The zero-order valence-electron chi connectivity index (χ0n) is 10.9. The first-order chi connectivity index (χ1) is 8.25. The second-order valence-electron chi connectivity index (χ2n) is 4.90. The molecule has 1 amide bonds. The highest BCUT2D eigenvalue weighted by Gasteiger charge is 2.27. The van der Waals surface area contributed by atoms with Gasteiger partial charge in [-0.15, -0.1) is 0 Å². The summed E-state index contributed by atoms with van der Waals surface area (Å²) in [6, 6.07) is 0.0836. The van der Waals surface area contributed by atoms with Gasteiger partial charge in [-0.05, 0) is 37.7 Å². The second kappa shape index (κ2) is 8.81. The zero-order valence-corrected chi connectivity index (χ0v) is 11.7. The Kier molecular flexibility index (Phi) is 7.69. The molecule has 0 aromatic rings. The molecule has 1 rings (SSSR count). The Morgan fingerprint density at radius 1 is 1.29 bits per heavy atom. The first kappa shape index (κ1) is 14.8. The molecule has 0 radical (unpaired) electrons. The highest BCUT2D eigenvalue weighted by atomic mass is 32.2. The molecule has 0 saturated heterocycles. The molecule has 2 atom stereocenters. The molecule has 0 heterocycles. The number of nitrogens with two attached hydrogens (primary N) is 1. The van der Waals surface area contributed by atoms with E-state index in [0.29, 0.717) is 0 Å². The Hall–Kier alpha value is -0.220. The van der Waals surface area contributed by atoms with Gasteiger partial charge in [-0.25, -0.2) is 0 Å². The van der Waals surface area contributed by atoms with Crippen LogP contribution in [0.2, 0.25) is 0 Å². The van der Waals surface area contributed by atoms with E-state index >= 15 is 0 Å². The molecule has 1 aliphatic rings. The van der Waals surface area contributed by atoms with Crippen LogP contribution in [0, 0.1) is 5.92 Å². The van der Waals surface area contributed by atoms with E-state index in [1.165, 1.54) is 25.0 Å². The normalized spacial score (nSPS) is 24.6. The molecular weight excluding hydrogens is 232 g/mol. The topological polar surface area (TPSA) is 55.1 Å². The van der Waals surface area contributed by atoms with Crippen LogP contribution in [0.15, 0.2) is 0 Å². The molecular formula is C13H26N2OS. The number of hydrogen-bond donors (Lipinski definition) is 2. The molecule has 0 spiro atoms. The number of unbranched alkanes of at least 4 members (excludes halogenated alkanes) is 2. The zero-order chi connectivity index (χ0) is 12.5. The number of thioether (sulfide) groups is 1. The maximum Gasteiger partial charge on any atom is 0.224 e. The van der Waals surface area contributed by atoms with E-state index in [0.717, 1.165) is 32.2 Å². The molecule has 0 aromatic carbocycles. The van der Waals surface area contributed by atoms with Crippen LogP contribution >= 0.6 is 11.8 Å². The molecule has 4 heteroatoms. The summed E-state index contributed by atoms with van der Waals surface area (Å²) in [6.07, 6.45) is 9.99. The third-order valence-electron chi connectivity index (χ3n) is 3.48. The fourth-order valence-electron chi connectivity index (χ4n) is 2.38. The van der Waals surface area contributed by atoms with Crippen molar-refractivity contribution in [3.8, 4) is 0 Å². The van der Waals surface area contributed by atoms with Gasteiger partial charge < -0.3 is 11.1 Å². The van der Waals surface area contributed by atoms with E-state index < -0.39 is 0 Å². The molecule has 17 heavy (non-hydrogen) atoms. The highest BCUT2D eigenvalue weighted by Crippen LogP contribution is 2.22. The molecule has 3 N–H and O–H groups in total. The molecule has 3 nitrogen and oxygen atoms in total. The highest BCUT2D eigenvalue weighted by molar-refractivity contribution is 7.98. The lowest BCUT2D eigenvalue weighted by Gasteiger charge is -2.27. The van der Waals surface area contributed by atoms with E-state index in [2.05, 4.69) is 11.6 Å². The van der Waals surface area contributed by atoms with E-state index in [9.17, 15) is 4.79 Å². The summed E-state index contributed by atoms with van der Waals surface area (Å²) < 4.78 is 0. The summed E-state index contributed by atoms with van der Waals surface area (Å²) in [5.74, 6) is 1.47. The monoisotopic (exact) mass is 258 g/mol. The van der Waals surface area contributed by atoms with Crippen LogP contribution in [0.3, 0.4) is 0 Å². The molecule has 1 fully saturated rings. The summed E-state index contributed by atoms with van der Waals surface area (Å²) in [5.41, 5.74) is 5.99. The van der Waals surface area contributed by atoms with Gasteiger partial charge in [0.25, 0.3) is 0 Å². The standard InChI is InChI=1S/C13H26N2OS/c1-17-10-6-2-5-9-15-13(16)11-7-3-4-8-12(11)14/h11-12H,2-10,14H2,1H3,(H,15,16). The number of amides is 1. The number of carbonyl (C=O) groups excluding carboxylic acids is 1. The minimum Gasteiger partial charge on any atom is -0.356 e. The molecule has 0 aromatic heterocycles. The smallest absolute Gasteiger partial charge is 0.224 e. The number of hydrogen-bond acceptors (Lipinski definition) is 3. The summed E-state index contributed by atoms with van der Waals surface area (Å²) >= 11 is 1.89. The van der Waals surface area contributed by atoms with Crippen molar-refractivity contribution >= 4 is 17.7 Å². The lowest BCUT2D eigenvalue weighted by molar-refractivity contribution is -0.126. The van der Waals surface area contributed by atoms with Crippen molar-refractivity contribution in [1.29, 1.82) is 0 Å². The molecule has 0 bridgehead atoms. The second-order valence-corrected chi connectivity index (χ2v) is 5.88. The predicted molar refractivity (Wildman–Crippen MR) is 75.2 cm³/mol. The van der Waals surface area contributed by atoms with E-state index in [1.54, 1.807) is 0 Å². The van der Waals surface area contributed by atoms with Crippen LogP contribution in [-0.4, -0.2) is 30.5 Å². The molecule has 1 aliphatic carbocycles. The molecule has 0 aliphatic heterocycles. The minimum atomic E-state index is 0.0648. The molecule has 100 valence electrons. The Morgan fingerprint density at radius 2 is 2.06 bits per heavy atom. The van der Waals surface area contributed by atoms with Gasteiger partial charge in [-0.3, -0.25) is 4.79 Å². The van der Waals surface area contributed by atoms with Gasteiger partial charge in [-0.2, -0.15) is 11.8 Å². The van der Waals surface area contributed by atoms with Crippen molar-refractivity contribution in [2.24, 2.45) is 11.7 Å². The van der Waals surface area contributed by atoms with Crippen LogP contribution < -0.4 is 11.1 Å². The third-order valence-corrected chi connectivity index (χ3v) is 4.18. The largest absolute Gasteiger partial charge is 0.356 e. The average molecular weight is 258 g/mol. The minimum absolute atomic E-state index is 0.0648. The van der Waals surface area contributed by atoms with Crippen molar-refractivity contribution in [3.05, 3.63) is 0 Å². The quantitative estimate of drug-likeness (QED) is 0.688. The van der Waals surface area contributed by atoms with Gasteiger partial charge in [0.2, 0.25) is 5.91 Å². The lowest BCUT2D eigenvalue weighted by atomic mass is 9.84. The Labute approximate surface area is 109 Å². The Bertz CT molecular complexity index is 223. The third kappa shape index (κ3) is 5.77. The maximum atomic E-state index is 11.9. The predicted octanol–water partition coefficient (Wildman–Crippen LogP) is 2.15. The van der Waals surface area contributed by atoms with Gasteiger partial charge in [0.1, 0.15) is 0 Å². The SMILES string of the molecule is CSCCCCCNC(=O)C1CCCCC1N. The lowest BCUT2D eigenvalue weighted by Crippen LogP contribution is -2.43. The van der Waals surface area contributed by atoms with Crippen molar-refractivity contribution < 1.29 is 4.79 Å². The summed E-state index contributed by atoms with van der Waals surface area (Å²) in [7, 11) is 0. The number of rotatable bonds is 7. The van der Waals surface area contributed by atoms with E-state index in [4.69, 9.17) is 5.73 Å². The van der Waals surface area contributed by atoms with Crippen molar-refractivity contribution in [1.82, 2.24) is 5.32 Å². The number of carbonyl (C=O) groups is 1.